The maximum atomic E-state index is 5.78. The van der Waals surface area contributed by atoms with E-state index in [2.05, 4.69) is 33.5 Å². The average molecular weight is 251 g/mol. The number of hydrogen-bond donors (Lipinski definition) is 1. The fourth-order valence-corrected chi connectivity index (χ4v) is 2.59. The SMILES string of the molecule is CC(N)CCCC(C)CN1CCn2cnnc2C1. The van der Waals surface area contributed by atoms with Crippen molar-refractivity contribution in [3.8, 4) is 0 Å². The Hall–Kier alpha value is -0.940. The zero-order valence-electron chi connectivity index (χ0n) is 11.5. The van der Waals surface area contributed by atoms with E-state index in [1.807, 2.05) is 6.33 Å². The van der Waals surface area contributed by atoms with E-state index in [0.717, 1.165) is 44.3 Å². The van der Waals surface area contributed by atoms with Crippen LogP contribution in [0.3, 0.4) is 0 Å². The Bertz CT molecular complexity index is 360. The number of nitrogens with two attached hydrogens (primary N) is 1. The van der Waals surface area contributed by atoms with Crippen LogP contribution in [0.15, 0.2) is 6.33 Å². The number of rotatable bonds is 6. The van der Waals surface area contributed by atoms with Gasteiger partial charge in [0.15, 0.2) is 0 Å². The molecule has 0 saturated carbocycles. The molecule has 1 aromatic heterocycles. The molecule has 0 bridgehead atoms. The molecule has 102 valence electrons. The molecule has 5 nitrogen and oxygen atoms in total. The summed E-state index contributed by atoms with van der Waals surface area (Å²) in [5.41, 5.74) is 5.78. The van der Waals surface area contributed by atoms with Gasteiger partial charge in [0.25, 0.3) is 0 Å². The van der Waals surface area contributed by atoms with Crippen molar-refractivity contribution in [3.63, 3.8) is 0 Å². The Morgan fingerprint density at radius 1 is 1.33 bits per heavy atom. The van der Waals surface area contributed by atoms with Crippen molar-refractivity contribution in [3.05, 3.63) is 12.2 Å². The van der Waals surface area contributed by atoms with E-state index in [1.165, 1.54) is 12.8 Å². The third kappa shape index (κ3) is 3.78. The second kappa shape index (κ2) is 6.29. The third-order valence-corrected chi connectivity index (χ3v) is 3.64. The smallest absolute Gasteiger partial charge is 0.147 e. The van der Waals surface area contributed by atoms with Crippen molar-refractivity contribution in [2.24, 2.45) is 11.7 Å². The van der Waals surface area contributed by atoms with Crippen LogP contribution in [0.2, 0.25) is 0 Å². The molecular formula is C13H25N5. The molecule has 18 heavy (non-hydrogen) atoms. The summed E-state index contributed by atoms with van der Waals surface area (Å²) in [6.07, 6.45) is 5.48. The van der Waals surface area contributed by atoms with E-state index in [9.17, 15) is 0 Å². The lowest BCUT2D eigenvalue weighted by Crippen LogP contribution is -2.36. The van der Waals surface area contributed by atoms with Crippen molar-refractivity contribution < 1.29 is 0 Å². The van der Waals surface area contributed by atoms with Gasteiger partial charge in [-0.2, -0.15) is 0 Å². The van der Waals surface area contributed by atoms with Crippen LogP contribution in [0.25, 0.3) is 0 Å². The van der Waals surface area contributed by atoms with E-state index in [0.29, 0.717) is 6.04 Å². The summed E-state index contributed by atoms with van der Waals surface area (Å²) in [4.78, 5) is 2.49. The molecule has 2 atom stereocenters. The standard InChI is InChI=1S/C13H25N5/c1-11(4-3-5-12(2)14)8-17-6-7-18-10-15-16-13(18)9-17/h10-12H,3-9,14H2,1-2H3. The predicted octanol–water partition coefficient (Wildman–Crippen LogP) is 1.25. The van der Waals surface area contributed by atoms with E-state index in [1.54, 1.807) is 0 Å². The maximum Gasteiger partial charge on any atom is 0.147 e. The first-order chi connectivity index (χ1) is 8.65. The van der Waals surface area contributed by atoms with E-state index in [-0.39, 0.29) is 0 Å². The third-order valence-electron chi connectivity index (χ3n) is 3.64. The molecule has 0 amide bonds. The minimum atomic E-state index is 0.339. The van der Waals surface area contributed by atoms with Gasteiger partial charge in [0.2, 0.25) is 0 Å². The highest BCUT2D eigenvalue weighted by Gasteiger charge is 2.18. The lowest BCUT2D eigenvalue weighted by atomic mass is 10.0. The van der Waals surface area contributed by atoms with Crippen LogP contribution in [0.5, 0.6) is 0 Å². The van der Waals surface area contributed by atoms with Crippen molar-refractivity contribution in [2.75, 3.05) is 13.1 Å². The summed E-state index contributed by atoms with van der Waals surface area (Å²) in [5, 5.41) is 8.11. The number of fused-ring (bicyclic) bond motifs is 1. The number of aromatic nitrogens is 3. The number of nitrogens with zero attached hydrogens (tertiary/aromatic N) is 4. The minimum absolute atomic E-state index is 0.339. The summed E-state index contributed by atoms with van der Waals surface area (Å²) >= 11 is 0. The molecule has 1 aromatic rings. The van der Waals surface area contributed by atoms with Crippen LogP contribution >= 0.6 is 0 Å². The monoisotopic (exact) mass is 251 g/mol. The molecule has 0 spiro atoms. The zero-order chi connectivity index (χ0) is 13.0. The Labute approximate surface area is 109 Å². The highest BCUT2D eigenvalue weighted by atomic mass is 15.3. The molecule has 2 unspecified atom stereocenters. The van der Waals surface area contributed by atoms with Crippen LogP contribution in [-0.4, -0.2) is 38.8 Å². The lowest BCUT2D eigenvalue weighted by Gasteiger charge is -2.29. The van der Waals surface area contributed by atoms with Crippen LogP contribution in [0, 0.1) is 5.92 Å². The molecule has 2 N–H and O–H groups in total. The zero-order valence-corrected chi connectivity index (χ0v) is 11.5. The van der Waals surface area contributed by atoms with Gasteiger partial charge in [0.05, 0.1) is 6.54 Å². The number of hydrogen-bond acceptors (Lipinski definition) is 4. The molecule has 1 aliphatic rings. The van der Waals surface area contributed by atoms with Gasteiger partial charge >= 0.3 is 0 Å². The largest absolute Gasteiger partial charge is 0.328 e. The van der Waals surface area contributed by atoms with Crippen LogP contribution < -0.4 is 5.73 Å². The Kier molecular flexibility index (Phi) is 4.72. The van der Waals surface area contributed by atoms with Crippen LogP contribution in [0.1, 0.15) is 38.9 Å². The Balaban J connectivity index is 1.71. The first kappa shape index (κ1) is 13.5. The summed E-state index contributed by atoms with van der Waals surface area (Å²) in [5.74, 6) is 1.84. The van der Waals surface area contributed by atoms with E-state index < -0.39 is 0 Å². The van der Waals surface area contributed by atoms with Gasteiger partial charge in [-0.15, -0.1) is 10.2 Å². The van der Waals surface area contributed by atoms with Gasteiger partial charge in [0, 0.05) is 25.7 Å². The molecule has 0 aromatic carbocycles. The fourth-order valence-electron chi connectivity index (χ4n) is 2.59. The highest BCUT2D eigenvalue weighted by Crippen LogP contribution is 2.15. The quantitative estimate of drug-likeness (QED) is 0.826. The molecule has 2 heterocycles. The first-order valence-electron chi connectivity index (χ1n) is 6.99. The summed E-state index contributed by atoms with van der Waals surface area (Å²) < 4.78 is 2.15. The molecule has 2 rings (SSSR count). The van der Waals surface area contributed by atoms with E-state index in [4.69, 9.17) is 5.73 Å². The van der Waals surface area contributed by atoms with Gasteiger partial charge in [0.1, 0.15) is 12.2 Å². The first-order valence-corrected chi connectivity index (χ1v) is 6.99. The minimum Gasteiger partial charge on any atom is -0.328 e. The van der Waals surface area contributed by atoms with Crippen molar-refractivity contribution in [2.45, 2.75) is 52.2 Å². The fraction of sp³-hybridized carbons (Fsp3) is 0.846. The predicted molar refractivity (Wildman–Crippen MR) is 72.0 cm³/mol. The molecule has 1 aliphatic heterocycles. The average Bonchev–Trinajstić information content (AvgIpc) is 2.75. The Morgan fingerprint density at radius 3 is 2.94 bits per heavy atom. The topological polar surface area (TPSA) is 60.0 Å². The van der Waals surface area contributed by atoms with Crippen molar-refractivity contribution >= 4 is 0 Å². The van der Waals surface area contributed by atoms with Gasteiger partial charge in [-0.1, -0.05) is 13.3 Å². The van der Waals surface area contributed by atoms with Crippen LogP contribution in [0.4, 0.5) is 0 Å². The van der Waals surface area contributed by atoms with Gasteiger partial charge in [-0.3, -0.25) is 4.90 Å². The van der Waals surface area contributed by atoms with Crippen molar-refractivity contribution in [1.29, 1.82) is 0 Å². The molecule has 0 saturated heterocycles. The van der Waals surface area contributed by atoms with E-state index >= 15 is 0 Å². The van der Waals surface area contributed by atoms with Gasteiger partial charge in [-0.05, 0) is 25.7 Å². The maximum absolute atomic E-state index is 5.78. The Morgan fingerprint density at radius 2 is 2.17 bits per heavy atom. The molecule has 0 radical (unpaired) electrons. The molecule has 0 fully saturated rings. The highest BCUT2D eigenvalue weighted by molar-refractivity contribution is 4.90. The van der Waals surface area contributed by atoms with Gasteiger partial charge < -0.3 is 10.3 Å². The van der Waals surface area contributed by atoms with Crippen LogP contribution in [-0.2, 0) is 13.1 Å². The normalized spacial score (nSPS) is 19.5. The molecular weight excluding hydrogens is 226 g/mol. The molecule has 5 heteroatoms. The van der Waals surface area contributed by atoms with Crippen molar-refractivity contribution in [1.82, 2.24) is 19.7 Å². The second-order valence-electron chi connectivity index (χ2n) is 5.69. The summed E-state index contributed by atoms with van der Waals surface area (Å²) in [6.45, 7) is 8.66. The lowest BCUT2D eigenvalue weighted by molar-refractivity contribution is 0.184. The second-order valence-corrected chi connectivity index (χ2v) is 5.69. The summed E-state index contributed by atoms with van der Waals surface area (Å²) in [7, 11) is 0. The molecule has 0 aliphatic carbocycles. The van der Waals surface area contributed by atoms with Gasteiger partial charge in [-0.25, -0.2) is 0 Å². The summed E-state index contributed by atoms with van der Waals surface area (Å²) in [6, 6.07) is 0.339.